The van der Waals surface area contributed by atoms with Gasteiger partial charge < -0.3 is 0 Å². The van der Waals surface area contributed by atoms with Crippen LogP contribution in [0.25, 0.3) is 10.1 Å². The fourth-order valence-corrected chi connectivity index (χ4v) is 4.01. The topological polar surface area (TPSA) is 41.5 Å². The van der Waals surface area contributed by atoms with Gasteiger partial charge in [-0.15, -0.1) is 11.3 Å². The molecule has 3 nitrogen and oxygen atoms in total. The first-order valence-electron chi connectivity index (χ1n) is 8.07. The highest BCUT2D eigenvalue weighted by Gasteiger charge is 2.16. The molecule has 5 heteroatoms. The average Bonchev–Trinajstić information content (AvgIpc) is 2.91. The molecule has 1 N–H and O–H groups in total. The Labute approximate surface area is 156 Å². The van der Waals surface area contributed by atoms with Crippen molar-refractivity contribution in [1.29, 1.82) is 0 Å². The highest BCUT2D eigenvalue weighted by atomic mass is 35.5. The number of nitrogens with zero attached hydrogens (tertiary/aromatic N) is 1. The Bertz CT molecular complexity index is 942. The fourth-order valence-electron chi connectivity index (χ4n) is 2.50. The quantitative estimate of drug-likeness (QED) is 0.461. The van der Waals surface area contributed by atoms with Gasteiger partial charge in [-0.25, -0.2) is 5.43 Å². The minimum Gasteiger partial charge on any atom is -0.266 e. The maximum atomic E-state index is 12.4. The maximum absolute atomic E-state index is 12.4. The SMILES string of the molecule is Cc1ccc2c(Cl)c(C(=O)N/N=C/c3ccc(C(C)C)cc3)sc2c1. The number of hydrogen-bond donors (Lipinski definition) is 1. The van der Waals surface area contributed by atoms with Crippen LogP contribution in [0.1, 0.15) is 46.1 Å². The van der Waals surface area contributed by atoms with E-state index in [2.05, 4.69) is 36.5 Å². The van der Waals surface area contributed by atoms with Gasteiger partial charge in [0.1, 0.15) is 4.88 Å². The molecular formula is C20H19ClN2OS. The zero-order valence-electron chi connectivity index (χ0n) is 14.3. The van der Waals surface area contributed by atoms with Crippen LogP contribution in [0.5, 0.6) is 0 Å². The Morgan fingerprint density at radius 2 is 1.92 bits per heavy atom. The van der Waals surface area contributed by atoms with Crippen molar-refractivity contribution in [2.45, 2.75) is 26.7 Å². The third-order valence-electron chi connectivity index (χ3n) is 3.97. The zero-order valence-corrected chi connectivity index (χ0v) is 15.9. The van der Waals surface area contributed by atoms with E-state index >= 15 is 0 Å². The van der Waals surface area contributed by atoms with Gasteiger partial charge in [0.25, 0.3) is 5.91 Å². The number of fused-ring (bicyclic) bond motifs is 1. The van der Waals surface area contributed by atoms with Crippen molar-refractivity contribution in [3.05, 3.63) is 69.1 Å². The van der Waals surface area contributed by atoms with Crippen molar-refractivity contribution in [1.82, 2.24) is 5.43 Å². The van der Waals surface area contributed by atoms with Crippen LogP contribution >= 0.6 is 22.9 Å². The summed E-state index contributed by atoms with van der Waals surface area (Å²) in [5.74, 6) is 0.198. The molecule has 3 rings (SSSR count). The van der Waals surface area contributed by atoms with E-state index in [-0.39, 0.29) is 5.91 Å². The molecule has 0 aliphatic heterocycles. The van der Waals surface area contributed by atoms with Crippen LogP contribution in [-0.4, -0.2) is 12.1 Å². The van der Waals surface area contributed by atoms with Crippen molar-refractivity contribution in [3.8, 4) is 0 Å². The molecule has 0 saturated carbocycles. The Morgan fingerprint density at radius 3 is 2.60 bits per heavy atom. The van der Waals surface area contributed by atoms with Crippen molar-refractivity contribution in [2.24, 2.45) is 5.10 Å². The second-order valence-corrected chi connectivity index (χ2v) is 7.70. The summed E-state index contributed by atoms with van der Waals surface area (Å²) in [6.07, 6.45) is 1.63. The van der Waals surface area contributed by atoms with Gasteiger partial charge in [-0.1, -0.05) is 61.8 Å². The summed E-state index contributed by atoms with van der Waals surface area (Å²) in [5, 5.41) is 5.42. The van der Waals surface area contributed by atoms with Crippen LogP contribution < -0.4 is 5.43 Å². The molecule has 0 unspecified atom stereocenters. The number of carbonyl (C=O) groups excluding carboxylic acids is 1. The van der Waals surface area contributed by atoms with Crippen molar-refractivity contribution in [2.75, 3.05) is 0 Å². The Kier molecular flexibility index (Phi) is 5.21. The number of carbonyl (C=O) groups is 1. The van der Waals surface area contributed by atoms with E-state index in [1.807, 2.05) is 37.3 Å². The first-order valence-corrected chi connectivity index (χ1v) is 9.27. The van der Waals surface area contributed by atoms with Gasteiger partial charge in [0.05, 0.1) is 11.2 Å². The number of aryl methyl sites for hydroxylation is 1. The summed E-state index contributed by atoms with van der Waals surface area (Å²) in [4.78, 5) is 12.8. The number of hydrazone groups is 1. The Balaban J connectivity index is 1.73. The summed E-state index contributed by atoms with van der Waals surface area (Å²) >= 11 is 7.72. The molecule has 2 aromatic carbocycles. The van der Waals surface area contributed by atoms with Crippen LogP contribution in [0.4, 0.5) is 0 Å². The fraction of sp³-hybridized carbons (Fsp3) is 0.200. The van der Waals surface area contributed by atoms with Crippen LogP contribution in [0.3, 0.4) is 0 Å². The standard InChI is InChI=1S/C20H19ClN2OS/c1-12(2)15-7-5-14(6-8-15)11-22-23-20(24)19-18(21)16-9-4-13(3)10-17(16)25-19/h4-12H,1-3H3,(H,23,24)/b22-11+. The van der Waals surface area contributed by atoms with Crippen LogP contribution in [0.15, 0.2) is 47.6 Å². The monoisotopic (exact) mass is 370 g/mol. The Morgan fingerprint density at radius 1 is 1.20 bits per heavy atom. The molecule has 25 heavy (non-hydrogen) atoms. The highest BCUT2D eigenvalue weighted by molar-refractivity contribution is 7.21. The zero-order chi connectivity index (χ0) is 18.0. The van der Waals surface area contributed by atoms with Crippen LogP contribution in [0, 0.1) is 6.92 Å². The largest absolute Gasteiger partial charge is 0.283 e. The minimum absolute atomic E-state index is 0.293. The molecule has 0 radical (unpaired) electrons. The highest BCUT2D eigenvalue weighted by Crippen LogP contribution is 2.35. The van der Waals surface area contributed by atoms with E-state index in [1.165, 1.54) is 16.9 Å². The third kappa shape index (κ3) is 3.91. The summed E-state index contributed by atoms with van der Waals surface area (Å²) in [6.45, 7) is 6.32. The normalized spacial score (nSPS) is 11.6. The molecule has 1 aromatic heterocycles. The molecule has 0 spiro atoms. The van der Waals surface area contributed by atoms with Gasteiger partial charge in [0.15, 0.2) is 0 Å². The van der Waals surface area contributed by atoms with Gasteiger partial charge in [0.2, 0.25) is 0 Å². The molecule has 3 aromatic rings. The summed E-state index contributed by atoms with van der Waals surface area (Å²) < 4.78 is 1.00. The lowest BCUT2D eigenvalue weighted by atomic mass is 10.0. The molecule has 0 bridgehead atoms. The predicted octanol–water partition coefficient (Wildman–Crippen LogP) is 5.75. The lowest BCUT2D eigenvalue weighted by Crippen LogP contribution is -2.16. The van der Waals surface area contributed by atoms with E-state index in [4.69, 9.17) is 11.6 Å². The lowest BCUT2D eigenvalue weighted by molar-refractivity contribution is 0.0959. The van der Waals surface area contributed by atoms with E-state index in [9.17, 15) is 4.79 Å². The second kappa shape index (κ2) is 7.38. The van der Waals surface area contributed by atoms with E-state index in [1.54, 1.807) is 6.21 Å². The van der Waals surface area contributed by atoms with Crippen LogP contribution in [0.2, 0.25) is 5.02 Å². The van der Waals surface area contributed by atoms with E-state index in [0.29, 0.717) is 15.8 Å². The first-order chi connectivity index (χ1) is 12.0. The molecule has 0 saturated heterocycles. The number of thiophene rings is 1. The smallest absolute Gasteiger partial charge is 0.266 e. The van der Waals surface area contributed by atoms with E-state index < -0.39 is 0 Å². The molecule has 0 aliphatic rings. The van der Waals surface area contributed by atoms with E-state index in [0.717, 1.165) is 21.2 Å². The number of hydrogen-bond acceptors (Lipinski definition) is 3. The van der Waals surface area contributed by atoms with Crippen molar-refractivity contribution >= 4 is 45.1 Å². The molecule has 0 aliphatic carbocycles. The van der Waals surface area contributed by atoms with Gasteiger partial charge >= 0.3 is 0 Å². The molecule has 1 heterocycles. The average molecular weight is 371 g/mol. The minimum atomic E-state index is -0.293. The number of benzene rings is 2. The number of amides is 1. The van der Waals surface area contributed by atoms with Gasteiger partial charge in [-0.2, -0.15) is 5.10 Å². The summed E-state index contributed by atoms with van der Waals surface area (Å²) in [7, 11) is 0. The van der Waals surface area contributed by atoms with Gasteiger partial charge in [-0.05, 0) is 35.6 Å². The lowest BCUT2D eigenvalue weighted by Gasteiger charge is -2.04. The second-order valence-electron chi connectivity index (χ2n) is 6.27. The molecular weight excluding hydrogens is 352 g/mol. The van der Waals surface area contributed by atoms with Crippen LogP contribution in [-0.2, 0) is 0 Å². The molecule has 1 amide bonds. The van der Waals surface area contributed by atoms with Crippen molar-refractivity contribution < 1.29 is 4.79 Å². The van der Waals surface area contributed by atoms with Crippen molar-refractivity contribution in [3.63, 3.8) is 0 Å². The third-order valence-corrected chi connectivity index (χ3v) is 5.63. The maximum Gasteiger partial charge on any atom is 0.283 e. The van der Waals surface area contributed by atoms with Gasteiger partial charge in [0, 0.05) is 10.1 Å². The number of nitrogens with one attached hydrogen (secondary N) is 1. The molecule has 128 valence electrons. The van der Waals surface area contributed by atoms with Gasteiger partial charge in [-0.3, -0.25) is 4.79 Å². The molecule has 0 atom stereocenters. The summed E-state index contributed by atoms with van der Waals surface area (Å²) in [6, 6.07) is 14.1. The number of rotatable bonds is 4. The Hall–Kier alpha value is -2.17. The number of halogens is 1. The predicted molar refractivity (Wildman–Crippen MR) is 107 cm³/mol. The molecule has 0 fully saturated rings. The first kappa shape index (κ1) is 17.6. The summed E-state index contributed by atoms with van der Waals surface area (Å²) in [5.41, 5.74) is 5.90.